The molecule has 5 heteroatoms. The summed E-state index contributed by atoms with van der Waals surface area (Å²) in [5, 5.41) is 39.0. The van der Waals surface area contributed by atoms with Crippen molar-refractivity contribution in [1.29, 1.82) is 0 Å². The molecule has 0 aromatic heterocycles. The Morgan fingerprint density at radius 3 is 2.52 bits per heavy atom. The number of carboxylic acid groups (broad SMARTS) is 1. The fraction of sp³-hybridized carbons (Fsp3) is 0.591. The van der Waals surface area contributed by atoms with Gasteiger partial charge in [0.1, 0.15) is 0 Å². The van der Waals surface area contributed by atoms with Gasteiger partial charge in [-0.2, -0.15) is 0 Å². The highest BCUT2D eigenvalue weighted by molar-refractivity contribution is 5.66. The molecule has 0 aromatic carbocycles. The van der Waals surface area contributed by atoms with Crippen molar-refractivity contribution >= 4 is 5.97 Å². The first-order chi connectivity index (χ1) is 13.0. The van der Waals surface area contributed by atoms with Gasteiger partial charge in [0, 0.05) is 18.8 Å². The molecule has 4 N–H and O–H groups in total. The van der Waals surface area contributed by atoms with Crippen molar-refractivity contribution in [2.45, 2.75) is 70.2 Å². The van der Waals surface area contributed by atoms with Crippen molar-refractivity contribution in [2.75, 3.05) is 0 Å². The number of hydrogen-bond donors (Lipinski definition) is 4. The van der Waals surface area contributed by atoms with Crippen molar-refractivity contribution in [3.05, 3.63) is 48.6 Å². The largest absolute Gasteiger partial charge is 0.481 e. The number of hydrogen-bond acceptors (Lipinski definition) is 4. The number of rotatable bonds is 12. The number of allylic oxidation sites excluding steroid dienone is 5. The molecule has 27 heavy (non-hydrogen) atoms. The molecule has 1 fully saturated rings. The van der Waals surface area contributed by atoms with Crippen LogP contribution in [0, 0.1) is 11.8 Å². The van der Waals surface area contributed by atoms with Gasteiger partial charge in [0.15, 0.2) is 0 Å². The molecule has 0 bridgehead atoms. The second-order valence-corrected chi connectivity index (χ2v) is 7.03. The standard InChI is InChI=1S/C22H34O5/c1-2-3-4-5-6-9-12-18-19(21(25)16-20(18)24)15-14-17(23)11-8-7-10-13-22(26)27/h3-4,6-9,14-15,17-21,23-25H,2,5,10-13,16H2,1H3,(H,26,27)/b4-3-,8-7-,9-6-,15-14+/t17-,18+,19-,20+,21-/m1/s1. The summed E-state index contributed by atoms with van der Waals surface area (Å²) < 4.78 is 0. The quantitative estimate of drug-likeness (QED) is 0.390. The number of aliphatic hydroxyl groups excluding tert-OH is 3. The van der Waals surface area contributed by atoms with Gasteiger partial charge in [-0.05, 0) is 38.0 Å². The summed E-state index contributed by atoms with van der Waals surface area (Å²) in [6, 6.07) is 0. The van der Waals surface area contributed by atoms with Gasteiger partial charge in [-0.15, -0.1) is 0 Å². The Kier molecular flexibility index (Phi) is 11.7. The summed E-state index contributed by atoms with van der Waals surface area (Å²) in [4.78, 5) is 10.4. The molecule has 0 radical (unpaired) electrons. The molecule has 0 saturated heterocycles. The lowest BCUT2D eigenvalue weighted by Gasteiger charge is -2.19. The van der Waals surface area contributed by atoms with E-state index in [-0.39, 0.29) is 18.3 Å². The van der Waals surface area contributed by atoms with Crippen LogP contribution in [-0.2, 0) is 4.79 Å². The van der Waals surface area contributed by atoms with E-state index < -0.39 is 24.3 Å². The number of aliphatic hydroxyl groups is 3. The Morgan fingerprint density at radius 2 is 1.81 bits per heavy atom. The molecule has 1 saturated carbocycles. The van der Waals surface area contributed by atoms with Gasteiger partial charge in [0.25, 0.3) is 0 Å². The second kappa shape index (κ2) is 13.5. The minimum absolute atomic E-state index is 0.0547. The SMILES string of the molecule is CC/C=C\C/C=C\C[C@H]1[C@@H](/C=C/[C@H](O)C/C=C\CCC(=O)O)[C@H](O)C[C@@H]1O. The van der Waals surface area contributed by atoms with Crippen molar-refractivity contribution in [3.8, 4) is 0 Å². The van der Waals surface area contributed by atoms with Crippen LogP contribution in [0.5, 0.6) is 0 Å². The molecule has 0 aliphatic heterocycles. The molecule has 0 unspecified atom stereocenters. The topological polar surface area (TPSA) is 98.0 Å². The van der Waals surface area contributed by atoms with Crippen LogP contribution in [0.2, 0.25) is 0 Å². The van der Waals surface area contributed by atoms with Gasteiger partial charge >= 0.3 is 5.97 Å². The highest BCUT2D eigenvalue weighted by Crippen LogP contribution is 2.36. The van der Waals surface area contributed by atoms with Crippen LogP contribution >= 0.6 is 0 Å². The van der Waals surface area contributed by atoms with E-state index in [1.165, 1.54) is 0 Å². The average molecular weight is 379 g/mol. The Balaban J connectivity index is 2.49. The normalized spacial score (nSPS) is 27.6. The van der Waals surface area contributed by atoms with E-state index >= 15 is 0 Å². The second-order valence-electron chi connectivity index (χ2n) is 7.03. The average Bonchev–Trinajstić information content (AvgIpc) is 2.88. The van der Waals surface area contributed by atoms with Crippen LogP contribution in [0.15, 0.2) is 48.6 Å². The number of carboxylic acids is 1. The Morgan fingerprint density at radius 1 is 1.07 bits per heavy atom. The van der Waals surface area contributed by atoms with E-state index in [0.717, 1.165) is 12.8 Å². The molecule has 0 amide bonds. The summed E-state index contributed by atoms with van der Waals surface area (Å²) >= 11 is 0. The molecule has 0 spiro atoms. The van der Waals surface area contributed by atoms with Crippen LogP contribution in [-0.4, -0.2) is 44.7 Å². The Bertz CT molecular complexity index is 535. The first-order valence-electron chi connectivity index (χ1n) is 9.85. The lowest BCUT2D eigenvalue weighted by molar-refractivity contribution is -0.136. The predicted octanol–water partition coefficient (Wildman–Crippen LogP) is 3.38. The summed E-state index contributed by atoms with van der Waals surface area (Å²) in [5.41, 5.74) is 0. The maximum atomic E-state index is 10.4. The Labute approximate surface area is 162 Å². The summed E-state index contributed by atoms with van der Waals surface area (Å²) in [6.45, 7) is 2.09. The van der Waals surface area contributed by atoms with Crippen molar-refractivity contribution in [1.82, 2.24) is 0 Å². The molecule has 1 rings (SSSR count). The zero-order valence-corrected chi connectivity index (χ0v) is 16.2. The van der Waals surface area contributed by atoms with Crippen LogP contribution in [0.25, 0.3) is 0 Å². The van der Waals surface area contributed by atoms with Gasteiger partial charge in [-0.1, -0.05) is 55.5 Å². The zero-order chi connectivity index (χ0) is 20.1. The van der Waals surface area contributed by atoms with Crippen molar-refractivity contribution in [3.63, 3.8) is 0 Å². The van der Waals surface area contributed by atoms with Crippen LogP contribution < -0.4 is 0 Å². The van der Waals surface area contributed by atoms with E-state index in [4.69, 9.17) is 5.11 Å². The first-order valence-corrected chi connectivity index (χ1v) is 9.85. The molecular weight excluding hydrogens is 344 g/mol. The summed E-state index contributed by atoms with van der Waals surface area (Å²) in [7, 11) is 0. The minimum atomic E-state index is -0.838. The third kappa shape index (κ3) is 9.70. The lowest BCUT2D eigenvalue weighted by atomic mass is 9.89. The maximum absolute atomic E-state index is 10.4. The van der Waals surface area contributed by atoms with Gasteiger partial charge in [-0.25, -0.2) is 0 Å². The highest BCUT2D eigenvalue weighted by Gasteiger charge is 2.39. The van der Waals surface area contributed by atoms with Crippen LogP contribution in [0.3, 0.4) is 0 Å². The van der Waals surface area contributed by atoms with Crippen LogP contribution in [0.4, 0.5) is 0 Å². The van der Waals surface area contributed by atoms with Gasteiger partial charge in [0.05, 0.1) is 18.3 Å². The van der Waals surface area contributed by atoms with Gasteiger partial charge < -0.3 is 20.4 Å². The van der Waals surface area contributed by atoms with Gasteiger partial charge in [-0.3, -0.25) is 4.79 Å². The molecule has 1 aliphatic rings. The first kappa shape index (κ1) is 23.3. The van der Waals surface area contributed by atoms with E-state index in [2.05, 4.69) is 25.2 Å². The molecule has 0 heterocycles. The number of aliphatic carboxylic acids is 1. The molecule has 5 atom stereocenters. The maximum Gasteiger partial charge on any atom is 0.303 e. The monoisotopic (exact) mass is 378 g/mol. The molecule has 152 valence electrons. The fourth-order valence-electron chi connectivity index (χ4n) is 3.29. The third-order valence-electron chi connectivity index (χ3n) is 4.79. The van der Waals surface area contributed by atoms with E-state index in [9.17, 15) is 20.1 Å². The predicted molar refractivity (Wildman–Crippen MR) is 107 cm³/mol. The summed E-state index contributed by atoms with van der Waals surface area (Å²) in [5.74, 6) is -1.07. The van der Waals surface area contributed by atoms with Crippen molar-refractivity contribution in [2.24, 2.45) is 11.8 Å². The molecular formula is C22H34O5. The van der Waals surface area contributed by atoms with Crippen LogP contribution in [0.1, 0.15) is 51.9 Å². The van der Waals surface area contributed by atoms with E-state index in [1.807, 2.05) is 12.2 Å². The van der Waals surface area contributed by atoms with Gasteiger partial charge in [0.2, 0.25) is 0 Å². The molecule has 5 nitrogen and oxygen atoms in total. The number of carbonyl (C=O) groups is 1. The van der Waals surface area contributed by atoms with E-state index in [0.29, 0.717) is 25.7 Å². The highest BCUT2D eigenvalue weighted by atomic mass is 16.4. The van der Waals surface area contributed by atoms with Crippen molar-refractivity contribution < 1.29 is 25.2 Å². The third-order valence-corrected chi connectivity index (χ3v) is 4.79. The molecule has 1 aliphatic carbocycles. The zero-order valence-electron chi connectivity index (χ0n) is 16.2. The lowest BCUT2D eigenvalue weighted by Crippen LogP contribution is -2.20. The minimum Gasteiger partial charge on any atom is -0.481 e. The fourth-order valence-corrected chi connectivity index (χ4v) is 3.29. The Hall–Kier alpha value is -1.69. The smallest absolute Gasteiger partial charge is 0.303 e. The summed E-state index contributed by atoms with van der Waals surface area (Å²) in [6.07, 6.45) is 17.4. The van der Waals surface area contributed by atoms with E-state index in [1.54, 1.807) is 18.2 Å². The molecule has 0 aromatic rings.